The monoisotopic (exact) mass is 489 g/mol. The molecule has 0 saturated carbocycles. The fraction of sp³-hybridized carbons (Fsp3) is 0.333. The quantitative estimate of drug-likeness (QED) is 0.546. The molecule has 8 heteroatoms. The minimum atomic E-state index is -3.89. The third kappa shape index (κ3) is 3.63. The van der Waals surface area contributed by atoms with Gasteiger partial charge in [0.15, 0.2) is 0 Å². The van der Waals surface area contributed by atoms with Crippen molar-refractivity contribution in [3.8, 4) is 11.5 Å². The van der Waals surface area contributed by atoms with Crippen molar-refractivity contribution in [2.75, 3.05) is 0 Å². The topological polar surface area (TPSA) is 79.8 Å². The average molecular weight is 490 g/mol. The summed E-state index contributed by atoms with van der Waals surface area (Å²) >= 11 is 0. The van der Waals surface area contributed by atoms with Crippen LogP contribution in [-0.2, 0) is 21.2 Å². The molecule has 0 aliphatic carbocycles. The Balaban J connectivity index is 1.37. The van der Waals surface area contributed by atoms with Gasteiger partial charge in [-0.25, -0.2) is 8.42 Å². The van der Waals surface area contributed by atoms with Crippen molar-refractivity contribution in [2.24, 2.45) is 0 Å². The van der Waals surface area contributed by atoms with Gasteiger partial charge in [0, 0.05) is 18.4 Å². The number of hydrogen-bond donors (Lipinski definition) is 0. The molecule has 180 valence electrons. The van der Waals surface area contributed by atoms with E-state index >= 15 is 0 Å². The lowest BCUT2D eigenvalue weighted by molar-refractivity contribution is -0.153. The summed E-state index contributed by atoms with van der Waals surface area (Å²) < 4.78 is 35.3. The Labute approximate surface area is 205 Å². The van der Waals surface area contributed by atoms with Gasteiger partial charge in [-0.15, -0.1) is 0 Å². The zero-order valence-corrected chi connectivity index (χ0v) is 20.3. The van der Waals surface area contributed by atoms with Gasteiger partial charge in [-0.3, -0.25) is 9.78 Å². The fourth-order valence-electron chi connectivity index (χ4n) is 5.99. The number of ether oxygens (including phenoxy) is 1. The Hall–Kier alpha value is -3.23. The normalized spacial score (nSPS) is 26.1. The van der Waals surface area contributed by atoms with Crippen LogP contribution >= 0.6 is 0 Å². The maximum absolute atomic E-state index is 14.0. The highest BCUT2D eigenvalue weighted by atomic mass is 32.2. The summed E-state index contributed by atoms with van der Waals surface area (Å²) in [6, 6.07) is 16.9. The molecule has 3 aliphatic heterocycles. The molecule has 4 heterocycles. The van der Waals surface area contributed by atoms with Crippen molar-refractivity contribution in [3.05, 3.63) is 84.2 Å². The predicted molar refractivity (Wildman–Crippen MR) is 130 cm³/mol. The van der Waals surface area contributed by atoms with Crippen molar-refractivity contribution in [1.29, 1.82) is 0 Å². The first-order valence-electron chi connectivity index (χ1n) is 12.1. The molecule has 1 amide bonds. The van der Waals surface area contributed by atoms with Crippen LogP contribution in [0, 0.1) is 0 Å². The number of hydrogen-bond acceptors (Lipinski definition) is 5. The largest absolute Gasteiger partial charge is 0.457 e. The zero-order valence-electron chi connectivity index (χ0n) is 19.4. The van der Waals surface area contributed by atoms with Crippen LogP contribution in [0.25, 0.3) is 0 Å². The Morgan fingerprint density at radius 1 is 0.943 bits per heavy atom. The van der Waals surface area contributed by atoms with Gasteiger partial charge in [0.05, 0.1) is 17.0 Å². The third-order valence-electron chi connectivity index (χ3n) is 7.46. The van der Waals surface area contributed by atoms with Crippen LogP contribution in [-0.4, -0.2) is 46.6 Å². The van der Waals surface area contributed by atoms with E-state index in [2.05, 4.69) is 24.0 Å². The lowest BCUT2D eigenvalue weighted by Crippen LogP contribution is -2.68. The summed E-state index contributed by atoms with van der Waals surface area (Å²) in [6.45, 7) is 2.07. The minimum absolute atomic E-state index is 0.0416. The van der Waals surface area contributed by atoms with E-state index < -0.39 is 16.1 Å². The molecule has 2 aromatic carbocycles. The van der Waals surface area contributed by atoms with Crippen LogP contribution < -0.4 is 4.74 Å². The van der Waals surface area contributed by atoms with E-state index in [1.807, 2.05) is 17.0 Å². The Morgan fingerprint density at radius 3 is 2.43 bits per heavy atom. The number of rotatable bonds is 4. The van der Waals surface area contributed by atoms with Crippen molar-refractivity contribution < 1.29 is 17.9 Å². The number of carbonyl (C=O) groups is 1. The van der Waals surface area contributed by atoms with E-state index in [-0.39, 0.29) is 28.9 Å². The van der Waals surface area contributed by atoms with E-state index in [0.717, 1.165) is 24.8 Å². The average Bonchev–Trinajstić information content (AvgIpc) is 2.87. The maximum Gasteiger partial charge on any atom is 0.244 e. The van der Waals surface area contributed by atoms with E-state index in [9.17, 15) is 13.2 Å². The zero-order chi connectivity index (χ0) is 24.2. The van der Waals surface area contributed by atoms with Gasteiger partial charge in [0.25, 0.3) is 0 Å². The smallest absolute Gasteiger partial charge is 0.244 e. The highest BCUT2D eigenvalue weighted by molar-refractivity contribution is 7.89. The molecular weight excluding hydrogens is 462 g/mol. The molecule has 2 saturated heterocycles. The van der Waals surface area contributed by atoms with E-state index in [4.69, 9.17) is 4.74 Å². The first-order chi connectivity index (χ1) is 16.9. The molecule has 0 N–H and O–H groups in total. The Morgan fingerprint density at radius 2 is 1.66 bits per heavy atom. The second kappa shape index (κ2) is 8.46. The van der Waals surface area contributed by atoms with Crippen molar-refractivity contribution in [3.63, 3.8) is 0 Å². The number of nitrogens with zero attached hydrogens (tertiary/aromatic N) is 3. The SMILES string of the molecule is C[C@H]1Cc2ccccc2C2[C@@H]3CCC[C@H](C(=O)N21)N3S(=O)(=O)c1ccc(Oc2ccncc2)cc1. The van der Waals surface area contributed by atoms with Crippen LogP contribution in [0.1, 0.15) is 43.4 Å². The van der Waals surface area contributed by atoms with Crippen LogP contribution in [0.3, 0.4) is 0 Å². The molecular formula is C27H27N3O4S. The van der Waals surface area contributed by atoms with Gasteiger partial charge >= 0.3 is 0 Å². The molecule has 2 fully saturated rings. The standard InChI is InChI=1S/C27H27N3O4S/c1-18-17-19-5-2-3-6-23(19)26-24-7-4-8-25(27(31)29(18)26)30(24)35(32,33)22-11-9-20(10-12-22)34-21-13-15-28-16-14-21/h2-3,5-6,9-16,18,24-26H,4,7-8,17H2,1H3/t18-,24-,25+,26?/m0/s1. The number of carbonyl (C=O) groups excluding carboxylic acids is 1. The third-order valence-corrected chi connectivity index (χ3v) is 9.41. The minimum Gasteiger partial charge on any atom is -0.457 e. The number of pyridine rings is 1. The maximum atomic E-state index is 14.0. The Kier molecular flexibility index (Phi) is 5.38. The number of fused-ring (bicyclic) bond motifs is 6. The second-order valence-electron chi connectivity index (χ2n) is 9.55. The fourth-order valence-corrected chi connectivity index (χ4v) is 7.82. The molecule has 1 unspecified atom stereocenters. The molecule has 4 atom stereocenters. The van der Waals surface area contributed by atoms with Crippen LogP contribution in [0.4, 0.5) is 0 Å². The lowest BCUT2D eigenvalue weighted by atomic mass is 9.78. The summed E-state index contributed by atoms with van der Waals surface area (Å²) in [5.41, 5.74) is 2.28. The molecule has 0 radical (unpaired) electrons. The highest BCUT2D eigenvalue weighted by Gasteiger charge is 2.56. The van der Waals surface area contributed by atoms with Crippen LogP contribution in [0.15, 0.2) is 78.0 Å². The van der Waals surface area contributed by atoms with E-state index in [0.29, 0.717) is 17.9 Å². The summed E-state index contributed by atoms with van der Waals surface area (Å²) in [5.74, 6) is 1.08. The molecule has 0 spiro atoms. The van der Waals surface area contributed by atoms with Gasteiger partial charge < -0.3 is 9.64 Å². The van der Waals surface area contributed by atoms with Crippen molar-refractivity contribution >= 4 is 15.9 Å². The predicted octanol–water partition coefficient (Wildman–Crippen LogP) is 4.31. The van der Waals surface area contributed by atoms with E-state index in [1.54, 1.807) is 48.8 Å². The molecule has 3 aromatic rings. The molecule has 7 nitrogen and oxygen atoms in total. The van der Waals surface area contributed by atoms with Gasteiger partial charge in [0.1, 0.15) is 17.5 Å². The van der Waals surface area contributed by atoms with Crippen molar-refractivity contribution in [1.82, 2.24) is 14.2 Å². The number of aromatic nitrogens is 1. The molecule has 2 bridgehead atoms. The summed E-state index contributed by atoms with van der Waals surface area (Å²) in [5, 5.41) is 0. The second-order valence-corrected chi connectivity index (χ2v) is 11.4. The van der Waals surface area contributed by atoms with Gasteiger partial charge in [-0.05, 0) is 80.1 Å². The number of sulfonamides is 1. The Bertz CT molecular complexity index is 1360. The lowest BCUT2D eigenvalue weighted by Gasteiger charge is -2.56. The van der Waals surface area contributed by atoms with Gasteiger partial charge in [0.2, 0.25) is 15.9 Å². The molecule has 6 rings (SSSR count). The van der Waals surface area contributed by atoms with Crippen LogP contribution in [0.5, 0.6) is 11.5 Å². The summed E-state index contributed by atoms with van der Waals surface area (Å²) in [4.78, 5) is 19.8. The summed E-state index contributed by atoms with van der Waals surface area (Å²) in [7, 11) is -3.89. The highest BCUT2D eigenvalue weighted by Crippen LogP contribution is 2.47. The van der Waals surface area contributed by atoms with Gasteiger partial charge in [-0.1, -0.05) is 24.3 Å². The first kappa shape index (κ1) is 22.2. The number of piperazine rings is 1. The van der Waals surface area contributed by atoms with E-state index in [1.165, 1.54) is 9.87 Å². The molecule has 1 aromatic heterocycles. The first-order valence-corrected chi connectivity index (χ1v) is 13.5. The number of benzene rings is 2. The number of piperidine rings is 1. The van der Waals surface area contributed by atoms with Crippen LogP contribution in [0.2, 0.25) is 0 Å². The van der Waals surface area contributed by atoms with Crippen molar-refractivity contribution in [2.45, 2.75) is 61.7 Å². The number of amides is 1. The molecule has 3 aliphatic rings. The molecule has 35 heavy (non-hydrogen) atoms. The summed E-state index contributed by atoms with van der Waals surface area (Å²) in [6.07, 6.45) is 6.18. The van der Waals surface area contributed by atoms with Gasteiger partial charge in [-0.2, -0.15) is 4.31 Å².